The van der Waals surface area contributed by atoms with E-state index >= 15 is 0 Å². The molecule has 2 bridgehead atoms. The lowest BCUT2D eigenvalue weighted by Gasteiger charge is -2.44. The molecule has 1 saturated heterocycles. The van der Waals surface area contributed by atoms with Gasteiger partial charge in [0.1, 0.15) is 5.72 Å². The summed E-state index contributed by atoms with van der Waals surface area (Å²) in [6.45, 7) is 9.62. The largest absolute Gasteiger partial charge is 0.370 e. The fraction of sp³-hybridized carbons (Fsp3) is 0.706. The third-order valence-electron chi connectivity index (χ3n) is 5.12. The van der Waals surface area contributed by atoms with E-state index < -0.39 is 13.8 Å². The van der Waals surface area contributed by atoms with Gasteiger partial charge in [0, 0.05) is 18.9 Å². The second kappa shape index (κ2) is 4.82. The van der Waals surface area contributed by atoms with Crippen LogP contribution in [0.5, 0.6) is 0 Å². The maximum Gasteiger partial charge on any atom is 0.231 e. The van der Waals surface area contributed by atoms with E-state index in [1.807, 2.05) is 6.92 Å². The predicted molar refractivity (Wildman–Crippen MR) is 87.3 cm³/mol. The number of rotatable bonds is 2. The molecule has 1 saturated carbocycles. The Kier molecular flexibility index (Phi) is 3.45. The number of likely N-dealkylation sites (tertiary alicyclic amines) is 1. The van der Waals surface area contributed by atoms with Gasteiger partial charge in [-0.25, -0.2) is 0 Å². The highest BCUT2D eigenvalue weighted by atomic mass is 28.3. The molecule has 3 nitrogen and oxygen atoms in total. The molecule has 3 rings (SSSR count). The number of carbonyl (C=O) groups is 1. The molecule has 1 aliphatic heterocycles. The lowest BCUT2D eigenvalue weighted by molar-refractivity contribution is -0.153. The predicted octanol–water partition coefficient (Wildman–Crippen LogP) is 3.09. The topological polar surface area (TPSA) is 40.5 Å². The summed E-state index contributed by atoms with van der Waals surface area (Å²) >= 11 is 0. The van der Waals surface area contributed by atoms with E-state index in [1.54, 1.807) is 4.90 Å². The number of nitrogens with zero attached hydrogens (tertiary/aromatic N) is 1. The molecular weight excluding hydrogens is 278 g/mol. The molecule has 1 heterocycles. The summed E-state index contributed by atoms with van der Waals surface area (Å²) in [6, 6.07) is 0. The van der Waals surface area contributed by atoms with Crippen molar-refractivity contribution in [1.29, 1.82) is 0 Å². The molecule has 116 valence electrons. The fourth-order valence-corrected chi connectivity index (χ4v) is 5.78. The van der Waals surface area contributed by atoms with Crippen LogP contribution in [0.25, 0.3) is 0 Å². The highest BCUT2D eigenvalue weighted by Crippen LogP contribution is 2.52. The highest BCUT2D eigenvalue weighted by molar-refractivity contribution is 6.81. The zero-order valence-electron chi connectivity index (χ0n) is 13.6. The molecule has 0 aromatic rings. The number of allylic oxidation sites excluding steroid dienone is 1. The molecule has 1 amide bonds. The minimum Gasteiger partial charge on any atom is -0.370 e. The molecule has 2 fully saturated rings. The molecule has 2 aliphatic carbocycles. The second-order valence-corrected chi connectivity index (χ2v) is 12.9. The lowest BCUT2D eigenvalue weighted by Crippen LogP contribution is -2.52. The Morgan fingerprint density at radius 1 is 1.48 bits per heavy atom. The molecule has 0 unspecified atom stereocenters. The summed E-state index contributed by atoms with van der Waals surface area (Å²) in [5.41, 5.74) is 4.24. The van der Waals surface area contributed by atoms with E-state index in [0.29, 0.717) is 13.0 Å². The van der Waals surface area contributed by atoms with Crippen molar-refractivity contribution in [2.75, 3.05) is 6.54 Å². The SMILES string of the molecule is CCN1C(=O)[C@H]2C=C3/C(=C/[Si](C)(C)C)CCC[C@H]3[C@]1(O)C2. The first-order chi connectivity index (χ1) is 9.76. The Labute approximate surface area is 128 Å². The summed E-state index contributed by atoms with van der Waals surface area (Å²) in [4.78, 5) is 14.2. The van der Waals surface area contributed by atoms with Crippen LogP contribution in [0.15, 0.2) is 22.9 Å². The van der Waals surface area contributed by atoms with Crippen molar-refractivity contribution >= 4 is 14.0 Å². The van der Waals surface area contributed by atoms with Gasteiger partial charge in [0.2, 0.25) is 5.91 Å². The second-order valence-electron chi connectivity index (χ2n) is 7.87. The van der Waals surface area contributed by atoms with E-state index in [9.17, 15) is 9.90 Å². The van der Waals surface area contributed by atoms with Crippen molar-refractivity contribution in [1.82, 2.24) is 4.90 Å². The first-order valence-corrected chi connectivity index (χ1v) is 11.8. The van der Waals surface area contributed by atoms with Crippen LogP contribution in [-0.2, 0) is 4.79 Å². The van der Waals surface area contributed by atoms with Crippen molar-refractivity contribution in [3.05, 3.63) is 22.9 Å². The van der Waals surface area contributed by atoms with Gasteiger partial charge in [-0.1, -0.05) is 37.0 Å². The fourth-order valence-electron chi connectivity index (χ4n) is 4.42. The van der Waals surface area contributed by atoms with Crippen molar-refractivity contribution < 1.29 is 9.90 Å². The maximum atomic E-state index is 12.5. The smallest absolute Gasteiger partial charge is 0.231 e. The van der Waals surface area contributed by atoms with E-state index in [1.165, 1.54) is 11.1 Å². The molecule has 3 aliphatic rings. The van der Waals surface area contributed by atoms with Gasteiger partial charge in [-0.2, -0.15) is 0 Å². The summed E-state index contributed by atoms with van der Waals surface area (Å²) < 4.78 is 0. The van der Waals surface area contributed by atoms with Crippen LogP contribution in [0.2, 0.25) is 19.6 Å². The molecule has 0 spiro atoms. The number of carbonyl (C=O) groups excluding carboxylic acids is 1. The average molecular weight is 305 g/mol. The van der Waals surface area contributed by atoms with E-state index in [2.05, 4.69) is 31.4 Å². The monoisotopic (exact) mass is 305 g/mol. The Balaban J connectivity index is 2.05. The van der Waals surface area contributed by atoms with Crippen LogP contribution in [0.3, 0.4) is 0 Å². The third-order valence-corrected chi connectivity index (χ3v) is 6.33. The minimum absolute atomic E-state index is 0.107. The van der Waals surface area contributed by atoms with Gasteiger partial charge in [-0.15, -0.1) is 0 Å². The minimum atomic E-state index is -1.29. The van der Waals surface area contributed by atoms with Crippen molar-refractivity contribution in [3.8, 4) is 0 Å². The maximum absolute atomic E-state index is 12.5. The zero-order chi connectivity index (χ0) is 15.4. The van der Waals surface area contributed by atoms with Gasteiger partial charge in [0.25, 0.3) is 0 Å². The molecule has 3 atom stereocenters. The Morgan fingerprint density at radius 2 is 2.19 bits per heavy atom. The van der Waals surface area contributed by atoms with Crippen LogP contribution in [0, 0.1) is 11.8 Å². The highest BCUT2D eigenvalue weighted by Gasteiger charge is 2.57. The molecular formula is C17H27NO2Si. The summed E-state index contributed by atoms with van der Waals surface area (Å²) in [7, 11) is -1.29. The molecule has 0 aromatic carbocycles. The average Bonchev–Trinajstić information content (AvgIpc) is 2.57. The molecule has 1 N–H and O–H groups in total. The third kappa shape index (κ3) is 2.32. The van der Waals surface area contributed by atoms with Gasteiger partial charge in [-0.05, 0) is 31.8 Å². The molecule has 4 heteroatoms. The number of hydrogen-bond donors (Lipinski definition) is 1. The van der Waals surface area contributed by atoms with Crippen LogP contribution in [0.4, 0.5) is 0 Å². The standard InChI is InChI=1S/C17H27NO2Si/c1-5-18-16(19)13-9-14-12(11-21(2,3)4)7-6-8-15(14)17(18,20)10-13/h9,11,13,15,20H,5-8,10H2,1-4H3/b12-11+/t13-,15+,17+/m0/s1. The Morgan fingerprint density at radius 3 is 2.81 bits per heavy atom. The molecule has 21 heavy (non-hydrogen) atoms. The quantitative estimate of drug-likeness (QED) is 0.797. The normalized spacial score (nSPS) is 37.8. The molecule has 0 radical (unpaired) electrons. The van der Waals surface area contributed by atoms with Crippen LogP contribution >= 0.6 is 0 Å². The van der Waals surface area contributed by atoms with E-state index in [0.717, 1.165) is 19.3 Å². The van der Waals surface area contributed by atoms with E-state index in [-0.39, 0.29) is 17.7 Å². The number of hydrogen-bond acceptors (Lipinski definition) is 2. The van der Waals surface area contributed by atoms with Crippen molar-refractivity contribution in [2.24, 2.45) is 11.8 Å². The number of fused-ring (bicyclic) bond motifs is 4. The van der Waals surface area contributed by atoms with Crippen molar-refractivity contribution in [3.63, 3.8) is 0 Å². The zero-order valence-corrected chi connectivity index (χ0v) is 14.6. The first kappa shape index (κ1) is 15.0. The van der Waals surface area contributed by atoms with Crippen molar-refractivity contribution in [2.45, 2.75) is 58.0 Å². The Hall–Kier alpha value is -0.873. The van der Waals surface area contributed by atoms with Gasteiger partial charge in [0.15, 0.2) is 0 Å². The lowest BCUT2D eigenvalue weighted by atomic mass is 9.70. The number of amides is 1. The van der Waals surface area contributed by atoms with Crippen LogP contribution in [-0.4, -0.2) is 36.3 Å². The summed E-state index contributed by atoms with van der Waals surface area (Å²) in [5.74, 6) is 0.134. The van der Waals surface area contributed by atoms with Gasteiger partial charge < -0.3 is 10.0 Å². The van der Waals surface area contributed by atoms with Crippen LogP contribution in [0.1, 0.15) is 32.6 Å². The summed E-state index contributed by atoms with van der Waals surface area (Å²) in [5, 5.41) is 11.2. The van der Waals surface area contributed by atoms with Gasteiger partial charge in [0.05, 0.1) is 14.0 Å². The van der Waals surface area contributed by atoms with Crippen LogP contribution < -0.4 is 0 Å². The van der Waals surface area contributed by atoms with E-state index in [4.69, 9.17) is 0 Å². The van der Waals surface area contributed by atoms with Gasteiger partial charge >= 0.3 is 0 Å². The molecule has 0 aromatic heterocycles. The number of aliphatic hydroxyl groups is 1. The Bertz CT molecular complexity index is 531. The van der Waals surface area contributed by atoms with Gasteiger partial charge in [-0.3, -0.25) is 4.79 Å². The first-order valence-electron chi connectivity index (χ1n) is 8.24. The summed E-state index contributed by atoms with van der Waals surface area (Å²) in [6.07, 6.45) is 6.00.